The minimum absolute atomic E-state index is 0.0451. The minimum atomic E-state index is -0.509. The highest BCUT2D eigenvalue weighted by atomic mass is 16.6. The normalized spacial score (nSPS) is 32.1. The summed E-state index contributed by atoms with van der Waals surface area (Å²) in [6.45, 7) is 11.4. The molecule has 0 heterocycles. The first kappa shape index (κ1) is 16.3. The second-order valence-electron chi connectivity index (χ2n) is 8.65. The van der Waals surface area contributed by atoms with Crippen molar-refractivity contribution >= 4 is 11.9 Å². The summed E-state index contributed by atoms with van der Waals surface area (Å²) < 4.78 is 5.36. The molecule has 4 nitrogen and oxygen atoms in total. The fourth-order valence-electron chi connectivity index (χ4n) is 3.82. The van der Waals surface area contributed by atoms with Crippen molar-refractivity contribution in [2.24, 2.45) is 23.2 Å². The first-order valence-electron chi connectivity index (χ1n) is 8.03. The van der Waals surface area contributed by atoms with Crippen LogP contribution in [0.1, 0.15) is 60.8 Å². The van der Waals surface area contributed by atoms with Crippen LogP contribution in [-0.4, -0.2) is 23.5 Å². The second-order valence-corrected chi connectivity index (χ2v) is 8.65. The van der Waals surface area contributed by atoms with Crippen molar-refractivity contribution in [2.75, 3.05) is 0 Å². The van der Waals surface area contributed by atoms with Crippen molar-refractivity contribution in [3.05, 3.63) is 0 Å². The molecule has 2 aliphatic rings. The highest BCUT2D eigenvalue weighted by Gasteiger charge is 2.53. The number of alkyl carbamates (subject to hydrolysis) is 1. The number of hydrogen-bond acceptors (Lipinski definition) is 3. The fraction of sp³-hybridized carbons (Fsp3) is 0.882. The Balaban J connectivity index is 2.10. The lowest BCUT2D eigenvalue weighted by atomic mass is 9.73. The number of rotatable bonds is 2. The molecule has 120 valence electrons. The molecule has 0 aromatic rings. The van der Waals surface area contributed by atoms with Gasteiger partial charge < -0.3 is 10.1 Å². The van der Waals surface area contributed by atoms with Crippen LogP contribution in [0.25, 0.3) is 0 Å². The molecule has 2 saturated carbocycles. The lowest BCUT2D eigenvalue weighted by Gasteiger charge is -2.35. The Hall–Kier alpha value is -1.06. The molecular formula is C17H29NO3. The van der Waals surface area contributed by atoms with E-state index in [4.69, 9.17) is 4.74 Å². The molecule has 0 saturated heterocycles. The van der Waals surface area contributed by atoms with Crippen molar-refractivity contribution in [3.63, 3.8) is 0 Å². The Morgan fingerprint density at radius 1 is 1.00 bits per heavy atom. The quantitative estimate of drug-likeness (QED) is 0.847. The van der Waals surface area contributed by atoms with Crippen LogP contribution in [0, 0.1) is 23.2 Å². The molecular weight excluding hydrogens is 266 g/mol. The molecule has 0 radical (unpaired) electrons. The fourth-order valence-corrected chi connectivity index (χ4v) is 3.82. The SMILES string of the molecule is CC(C)(C)OC(=O)N[C@H]1[C@H]2CC[C@H](C2)[C@H]1C(=O)C(C)(C)C. The standard InChI is InChI=1S/C17H29NO3/c1-16(2,3)14(19)12-10-7-8-11(9-10)13(12)18-15(20)21-17(4,5)6/h10-13H,7-9H2,1-6H3,(H,18,20)/t10-,11+,12-,13+/m1/s1. The van der Waals surface area contributed by atoms with E-state index in [1.54, 1.807) is 0 Å². The van der Waals surface area contributed by atoms with Crippen molar-refractivity contribution in [3.8, 4) is 0 Å². The predicted molar refractivity (Wildman–Crippen MR) is 81.9 cm³/mol. The minimum Gasteiger partial charge on any atom is -0.444 e. The number of hydrogen-bond donors (Lipinski definition) is 1. The van der Waals surface area contributed by atoms with E-state index in [-0.39, 0.29) is 23.2 Å². The zero-order valence-corrected chi connectivity index (χ0v) is 14.2. The van der Waals surface area contributed by atoms with E-state index in [9.17, 15) is 9.59 Å². The third kappa shape index (κ3) is 3.58. The van der Waals surface area contributed by atoms with Crippen LogP contribution in [0.15, 0.2) is 0 Å². The van der Waals surface area contributed by atoms with Gasteiger partial charge in [-0.3, -0.25) is 4.79 Å². The molecule has 0 unspecified atom stereocenters. The molecule has 4 atom stereocenters. The summed E-state index contributed by atoms with van der Waals surface area (Å²) in [6, 6.07) is -0.0506. The maximum atomic E-state index is 12.7. The van der Waals surface area contributed by atoms with Crippen molar-refractivity contribution in [1.82, 2.24) is 5.32 Å². The van der Waals surface area contributed by atoms with Crippen molar-refractivity contribution in [1.29, 1.82) is 0 Å². The highest BCUT2D eigenvalue weighted by Crippen LogP contribution is 2.50. The Bertz CT molecular complexity index is 430. The van der Waals surface area contributed by atoms with Gasteiger partial charge in [0.2, 0.25) is 0 Å². The topological polar surface area (TPSA) is 55.4 Å². The van der Waals surface area contributed by atoms with Crippen LogP contribution >= 0.6 is 0 Å². The van der Waals surface area contributed by atoms with E-state index in [1.165, 1.54) is 0 Å². The summed E-state index contributed by atoms with van der Waals surface area (Å²) in [7, 11) is 0. The molecule has 0 aliphatic heterocycles. The number of fused-ring (bicyclic) bond motifs is 2. The number of carbonyl (C=O) groups excluding carboxylic acids is 2. The molecule has 1 N–H and O–H groups in total. The largest absolute Gasteiger partial charge is 0.444 e. The predicted octanol–water partition coefficient (Wildman–Crippen LogP) is 3.54. The van der Waals surface area contributed by atoms with E-state index >= 15 is 0 Å². The molecule has 2 aliphatic carbocycles. The summed E-state index contributed by atoms with van der Waals surface area (Å²) >= 11 is 0. The maximum Gasteiger partial charge on any atom is 0.407 e. The van der Waals surface area contributed by atoms with E-state index < -0.39 is 11.7 Å². The van der Waals surface area contributed by atoms with Gasteiger partial charge in [0.25, 0.3) is 0 Å². The summed E-state index contributed by atoms with van der Waals surface area (Å²) in [6.07, 6.45) is 2.89. The molecule has 2 rings (SSSR count). The first-order valence-corrected chi connectivity index (χ1v) is 8.03. The van der Waals surface area contributed by atoms with Crippen LogP contribution < -0.4 is 5.32 Å². The van der Waals surface area contributed by atoms with E-state index in [2.05, 4.69) is 5.32 Å². The first-order chi connectivity index (χ1) is 9.49. The second kappa shape index (κ2) is 5.29. The van der Waals surface area contributed by atoms with E-state index in [0.29, 0.717) is 11.8 Å². The molecule has 21 heavy (non-hydrogen) atoms. The van der Waals surface area contributed by atoms with Gasteiger partial charge in [-0.1, -0.05) is 20.8 Å². The summed E-state index contributed by atoms with van der Waals surface area (Å²) in [5, 5.41) is 2.99. The third-order valence-corrected chi connectivity index (χ3v) is 4.64. The van der Waals surface area contributed by atoms with Crippen molar-refractivity contribution in [2.45, 2.75) is 72.4 Å². The van der Waals surface area contributed by atoms with Gasteiger partial charge in [0.1, 0.15) is 11.4 Å². The zero-order chi connectivity index (χ0) is 16.0. The molecule has 1 amide bonds. The van der Waals surface area contributed by atoms with Gasteiger partial charge in [0.15, 0.2) is 0 Å². The van der Waals surface area contributed by atoms with Gasteiger partial charge in [0, 0.05) is 17.4 Å². The number of nitrogens with one attached hydrogen (secondary N) is 1. The third-order valence-electron chi connectivity index (χ3n) is 4.64. The van der Waals surface area contributed by atoms with Crippen LogP contribution in [-0.2, 0) is 9.53 Å². The van der Waals surface area contributed by atoms with Crippen LogP contribution in [0.2, 0.25) is 0 Å². The number of amides is 1. The lowest BCUT2D eigenvalue weighted by Crippen LogP contribution is -2.50. The van der Waals surface area contributed by atoms with E-state index in [1.807, 2.05) is 41.5 Å². The Morgan fingerprint density at radius 3 is 2.10 bits per heavy atom. The number of ketones is 1. The number of carbonyl (C=O) groups is 2. The molecule has 2 fully saturated rings. The Labute approximate surface area is 128 Å². The average molecular weight is 295 g/mol. The number of Topliss-reactive ketones (excluding diaryl/α,β-unsaturated/α-hetero) is 1. The zero-order valence-electron chi connectivity index (χ0n) is 14.2. The lowest BCUT2D eigenvalue weighted by molar-refractivity contribution is -0.132. The summed E-state index contributed by atoms with van der Waals surface area (Å²) in [4.78, 5) is 24.8. The smallest absolute Gasteiger partial charge is 0.407 e. The van der Waals surface area contributed by atoms with Crippen LogP contribution in [0.4, 0.5) is 4.79 Å². The van der Waals surface area contributed by atoms with Crippen LogP contribution in [0.3, 0.4) is 0 Å². The maximum absolute atomic E-state index is 12.7. The van der Waals surface area contributed by atoms with Gasteiger partial charge in [0.05, 0.1) is 0 Å². The monoisotopic (exact) mass is 295 g/mol. The van der Waals surface area contributed by atoms with Crippen LogP contribution in [0.5, 0.6) is 0 Å². The van der Waals surface area contributed by atoms with Gasteiger partial charge in [-0.15, -0.1) is 0 Å². The molecule has 2 bridgehead atoms. The molecule has 0 spiro atoms. The Morgan fingerprint density at radius 2 is 1.57 bits per heavy atom. The van der Waals surface area contributed by atoms with Gasteiger partial charge in [-0.25, -0.2) is 4.79 Å². The Kier molecular flexibility index (Phi) is 4.11. The highest BCUT2D eigenvalue weighted by molar-refractivity contribution is 5.88. The molecule has 4 heteroatoms. The van der Waals surface area contributed by atoms with Gasteiger partial charge in [-0.05, 0) is 51.9 Å². The summed E-state index contributed by atoms with van der Waals surface area (Å²) in [5.41, 5.74) is -0.867. The molecule has 0 aromatic carbocycles. The van der Waals surface area contributed by atoms with Gasteiger partial charge >= 0.3 is 6.09 Å². The average Bonchev–Trinajstić information content (AvgIpc) is 2.84. The molecule has 0 aromatic heterocycles. The summed E-state index contributed by atoms with van der Waals surface area (Å²) in [5.74, 6) is 1.09. The van der Waals surface area contributed by atoms with Gasteiger partial charge in [-0.2, -0.15) is 0 Å². The van der Waals surface area contributed by atoms with E-state index in [0.717, 1.165) is 19.3 Å². The van der Waals surface area contributed by atoms with Crippen molar-refractivity contribution < 1.29 is 14.3 Å². The number of ether oxygens (including phenoxy) is 1.